The topological polar surface area (TPSA) is 34.2 Å². The van der Waals surface area contributed by atoms with E-state index in [1.54, 1.807) is 26.0 Å². The lowest BCUT2D eigenvalue weighted by Gasteiger charge is -2.34. The summed E-state index contributed by atoms with van der Waals surface area (Å²) in [4.78, 5) is 1.20. The number of benzene rings is 1. The lowest BCUT2D eigenvalue weighted by molar-refractivity contribution is 0.318. The zero-order valence-electron chi connectivity index (χ0n) is 14.9. The Kier molecular flexibility index (Phi) is 4.23. The van der Waals surface area contributed by atoms with Crippen LogP contribution in [0.25, 0.3) is 5.57 Å². The van der Waals surface area contributed by atoms with Gasteiger partial charge in [0.25, 0.3) is 0 Å². The van der Waals surface area contributed by atoms with Crippen LogP contribution < -0.4 is 5.73 Å². The molecule has 0 saturated carbocycles. The van der Waals surface area contributed by atoms with Crippen LogP contribution in [0, 0.1) is 0 Å². The van der Waals surface area contributed by atoms with Gasteiger partial charge in [0.2, 0.25) is 0 Å². The minimum absolute atomic E-state index is 0.562. The number of nitrogen functional groups attached to an aromatic ring is 1. The summed E-state index contributed by atoms with van der Waals surface area (Å²) in [7, 11) is -0.679. The Balaban J connectivity index is 2.34. The van der Waals surface area contributed by atoms with Gasteiger partial charge in [-0.05, 0) is 56.2 Å². The fraction of sp³-hybridized carbons (Fsp3) is 0.263. The van der Waals surface area contributed by atoms with Crippen molar-refractivity contribution in [2.45, 2.75) is 26.3 Å². The first-order valence-corrected chi connectivity index (χ1v) is 8.21. The van der Waals surface area contributed by atoms with E-state index >= 15 is 0 Å². The number of nitrogens with zero attached hydrogens (tertiary/aromatic N) is 2. The summed E-state index contributed by atoms with van der Waals surface area (Å²) < 4.78 is 29.9. The van der Waals surface area contributed by atoms with Crippen molar-refractivity contribution in [1.82, 2.24) is 9.38 Å². The normalized spacial score (nSPS) is 18.3. The van der Waals surface area contributed by atoms with Gasteiger partial charge in [0.05, 0.1) is 5.69 Å². The van der Waals surface area contributed by atoms with Crippen molar-refractivity contribution in [1.29, 1.82) is 0 Å². The largest absolute Gasteiger partial charge is 0.673 e. The molecule has 1 aliphatic rings. The van der Waals surface area contributed by atoms with Crippen LogP contribution in [0.4, 0.5) is 14.3 Å². The van der Waals surface area contributed by atoms with Gasteiger partial charge < -0.3 is 15.1 Å². The van der Waals surface area contributed by atoms with E-state index in [0.29, 0.717) is 11.4 Å². The predicted molar refractivity (Wildman–Crippen MR) is 99.9 cm³/mol. The maximum absolute atomic E-state index is 14.0. The van der Waals surface area contributed by atoms with Gasteiger partial charge in [0, 0.05) is 35.7 Å². The van der Waals surface area contributed by atoms with Crippen LogP contribution in [-0.4, -0.2) is 22.3 Å². The maximum atomic E-state index is 14.0. The van der Waals surface area contributed by atoms with Crippen molar-refractivity contribution in [2.75, 3.05) is 5.73 Å². The van der Waals surface area contributed by atoms with E-state index in [2.05, 4.69) is 0 Å². The highest BCUT2D eigenvalue weighted by atomic mass is 19.2. The molecule has 6 heteroatoms. The number of aryl methyl sites for hydroxylation is 1. The van der Waals surface area contributed by atoms with Gasteiger partial charge in [0.15, 0.2) is 0 Å². The molecular formula is C19H22BF2N3. The third-order valence-corrected chi connectivity index (χ3v) is 4.64. The van der Waals surface area contributed by atoms with Crippen molar-refractivity contribution in [3.63, 3.8) is 0 Å². The van der Waals surface area contributed by atoms with E-state index < -0.39 is 12.9 Å². The molecule has 25 heavy (non-hydrogen) atoms. The summed E-state index contributed by atoms with van der Waals surface area (Å²) in [6.07, 6.45) is 3.81. The van der Waals surface area contributed by atoms with Crippen LogP contribution in [0.1, 0.15) is 32.0 Å². The zero-order valence-corrected chi connectivity index (χ0v) is 14.9. The number of halogens is 2. The molecule has 0 aliphatic carbocycles. The van der Waals surface area contributed by atoms with Crippen LogP contribution in [-0.2, 0) is 7.05 Å². The number of rotatable bonds is 3. The minimum atomic E-state index is -2.59. The fourth-order valence-corrected chi connectivity index (χ4v) is 3.59. The first kappa shape index (κ1) is 17.3. The summed E-state index contributed by atoms with van der Waals surface area (Å²) in [6, 6.07) is 11.2. The second-order valence-corrected chi connectivity index (χ2v) is 6.98. The molecule has 0 bridgehead atoms. The van der Waals surface area contributed by atoms with E-state index in [4.69, 9.17) is 5.73 Å². The molecule has 1 aromatic heterocycles. The summed E-state index contributed by atoms with van der Waals surface area (Å²) in [6.45, 7) is 5.50. The average molecular weight is 341 g/mol. The third-order valence-electron chi connectivity index (χ3n) is 4.64. The maximum Gasteiger partial charge on any atom is 0.673 e. The number of aromatic nitrogens is 1. The molecule has 0 fully saturated rings. The van der Waals surface area contributed by atoms with Crippen LogP contribution in [0.2, 0.25) is 0 Å². The van der Waals surface area contributed by atoms with Crippen molar-refractivity contribution in [2.24, 2.45) is 7.05 Å². The fourth-order valence-electron chi connectivity index (χ4n) is 3.59. The van der Waals surface area contributed by atoms with Crippen LogP contribution in [0.3, 0.4) is 0 Å². The number of hydrogen-bond acceptors (Lipinski definition) is 2. The first-order valence-electron chi connectivity index (χ1n) is 8.21. The number of anilines is 1. The minimum Gasteiger partial charge on any atom is -0.399 e. The first-order chi connectivity index (χ1) is 11.7. The van der Waals surface area contributed by atoms with Crippen molar-refractivity contribution in [3.05, 3.63) is 71.2 Å². The summed E-state index contributed by atoms with van der Waals surface area (Å²) in [5.41, 5.74) is 9.64. The molecule has 0 atom stereocenters. The molecule has 0 spiro atoms. The summed E-state index contributed by atoms with van der Waals surface area (Å²) in [5.74, 6) is 0. The zero-order chi connectivity index (χ0) is 18.4. The highest BCUT2D eigenvalue weighted by Crippen LogP contribution is 2.42. The third kappa shape index (κ3) is 2.97. The molecule has 2 N–H and O–H groups in total. The van der Waals surface area contributed by atoms with E-state index in [9.17, 15) is 8.63 Å². The van der Waals surface area contributed by atoms with E-state index in [1.165, 1.54) is 4.81 Å². The lowest BCUT2D eigenvalue weighted by Crippen LogP contribution is -2.44. The van der Waals surface area contributed by atoms with E-state index in [1.807, 2.05) is 55.1 Å². The van der Waals surface area contributed by atoms with Gasteiger partial charge >= 0.3 is 7.40 Å². The summed E-state index contributed by atoms with van der Waals surface area (Å²) in [5, 5.41) is 0. The molecule has 2 aromatic rings. The molecule has 3 nitrogen and oxygen atoms in total. The van der Waals surface area contributed by atoms with Gasteiger partial charge in [-0.2, -0.15) is 0 Å². The van der Waals surface area contributed by atoms with Gasteiger partial charge in [0.1, 0.15) is 0 Å². The highest BCUT2D eigenvalue weighted by Gasteiger charge is 2.44. The Morgan fingerprint density at radius 1 is 1.12 bits per heavy atom. The average Bonchev–Trinajstić information content (AvgIpc) is 3.02. The molecule has 2 heterocycles. The van der Waals surface area contributed by atoms with Crippen LogP contribution in [0.15, 0.2) is 59.9 Å². The van der Waals surface area contributed by atoms with Gasteiger partial charge in [-0.15, -0.1) is 0 Å². The highest BCUT2D eigenvalue weighted by molar-refractivity contribution is 6.40. The van der Waals surface area contributed by atoms with Crippen molar-refractivity contribution in [3.8, 4) is 0 Å². The predicted octanol–water partition coefficient (Wildman–Crippen LogP) is 4.33. The Morgan fingerprint density at radius 2 is 1.76 bits per heavy atom. The molecule has 130 valence electrons. The quantitative estimate of drug-likeness (QED) is 0.666. The monoisotopic (exact) mass is 341 g/mol. The summed E-state index contributed by atoms with van der Waals surface area (Å²) >= 11 is 0. The smallest absolute Gasteiger partial charge is 0.399 e. The Labute approximate surface area is 147 Å². The molecule has 1 aromatic carbocycles. The SMILES string of the molecule is CC1=CC(C)(C)N(B(F)F)/C1=C(/c1ccc(N)cc1)c1cccn1C. The second-order valence-electron chi connectivity index (χ2n) is 6.98. The second kappa shape index (κ2) is 6.10. The molecule has 0 radical (unpaired) electrons. The number of hydrogen-bond donors (Lipinski definition) is 1. The number of allylic oxidation sites excluding steroid dienone is 1. The van der Waals surface area contributed by atoms with E-state index in [0.717, 1.165) is 22.4 Å². The number of nitrogens with two attached hydrogens (primary N) is 1. The molecule has 0 amide bonds. The van der Waals surface area contributed by atoms with Crippen LogP contribution in [0.5, 0.6) is 0 Å². The molecular weight excluding hydrogens is 319 g/mol. The standard InChI is InChI=1S/C19H22BF2N3/c1-13-12-19(2,3)25(20(21)22)18(13)17(16-6-5-11-24(16)4)14-7-9-15(23)10-8-14/h5-12H,23H2,1-4H3/b18-17-. The molecule has 3 rings (SSSR count). The van der Waals surface area contributed by atoms with Crippen molar-refractivity contribution < 1.29 is 8.63 Å². The van der Waals surface area contributed by atoms with E-state index in [-0.39, 0.29) is 0 Å². The molecule has 1 aliphatic heterocycles. The van der Waals surface area contributed by atoms with Crippen LogP contribution >= 0.6 is 0 Å². The van der Waals surface area contributed by atoms with Gasteiger partial charge in [-0.1, -0.05) is 18.2 Å². The van der Waals surface area contributed by atoms with Gasteiger partial charge in [-0.3, -0.25) is 8.63 Å². The lowest BCUT2D eigenvalue weighted by atomic mass is 9.93. The Hall–Kier alpha value is -2.50. The van der Waals surface area contributed by atoms with Gasteiger partial charge in [-0.25, -0.2) is 0 Å². The molecule has 0 unspecified atom stereocenters. The van der Waals surface area contributed by atoms with Crippen molar-refractivity contribution >= 4 is 18.7 Å². The Bertz CT molecular complexity index is 848. The molecule has 0 saturated heterocycles. The Morgan fingerprint density at radius 3 is 2.28 bits per heavy atom.